The molecule has 108 valence electrons. The van der Waals surface area contributed by atoms with Crippen molar-refractivity contribution >= 4 is 12.0 Å². The van der Waals surface area contributed by atoms with E-state index in [1.807, 2.05) is 33.8 Å². The second-order valence-corrected chi connectivity index (χ2v) is 6.35. The fraction of sp³-hybridized carbons (Fsp3) is 0.714. The molecule has 0 aromatic rings. The number of hydrogen-bond acceptors (Lipinski definition) is 3. The molecule has 0 heterocycles. The van der Waals surface area contributed by atoms with Crippen molar-refractivity contribution in [2.45, 2.75) is 52.6 Å². The van der Waals surface area contributed by atoms with Gasteiger partial charge in [-0.15, -0.1) is 0 Å². The van der Waals surface area contributed by atoms with Gasteiger partial charge in [0.2, 0.25) is 5.91 Å². The van der Waals surface area contributed by atoms with Crippen LogP contribution < -0.4 is 11.1 Å². The van der Waals surface area contributed by atoms with E-state index in [2.05, 4.69) is 5.32 Å². The molecule has 2 amide bonds. The van der Waals surface area contributed by atoms with E-state index >= 15 is 0 Å². The van der Waals surface area contributed by atoms with Gasteiger partial charge in [-0.2, -0.15) is 0 Å². The van der Waals surface area contributed by atoms with E-state index < -0.39 is 17.1 Å². The first kappa shape index (κ1) is 15.5. The summed E-state index contributed by atoms with van der Waals surface area (Å²) in [5.41, 5.74) is 5.56. The quantitative estimate of drug-likeness (QED) is 0.769. The number of allylic oxidation sites excluding steroid dienone is 1. The lowest BCUT2D eigenvalue weighted by molar-refractivity contribution is -0.127. The summed E-state index contributed by atoms with van der Waals surface area (Å²) < 4.78 is 5.16. The van der Waals surface area contributed by atoms with Crippen LogP contribution in [0.25, 0.3) is 0 Å². The number of primary amides is 1. The molecule has 0 aliphatic heterocycles. The number of nitrogens with one attached hydrogen (secondary N) is 1. The number of carbonyl (C=O) groups excluding carboxylic acids is 2. The summed E-state index contributed by atoms with van der Waals surface area (Å²) in [7, 11) is 0. The lowest BCUT2D eigenvalue weighted by Gasteiger charge is -2.29. The molecule has 1 unspecified atom stereocenters. The van der Waals surface area contributed by atoms with Crippen LogP contribution in [0.1, 0.15) is 47.0 Å². The molecule has 19 heavy (non-hydrogen) atoms. The lowest BCUT2D eigenvalue weighted by Crippen LogP contribution is -2.37. The van der Waals surface area contributed by atoms with Gasteiger partial charge in [-0.25, -0.2) is 4.79 Å². The molecular formula is C14H24N2O3. The summed E-state index contributed by atoms with van der Waals surface area (Å²) in [5, 5.41) is 2.72. The van der Waals surface area contributed by atoms with E-state index in [4.69, 9.17) is 10.5 Å². The predicted molar refractivity (Wildman–Crippen MR) is 73.5 cm³/mol. The summed E-state index contributed by atoms with van der Waals surface area (Å²) in [5.74, 6) is -0.261. The normalized spacial score (nSPS) is 23.5. The average molecular weight is 268 g/mol. The molecule has 1 atom stereocenters. The molecule has 0 aromatic heterocycles. The van der Waals surface area contributed by atoms with Gasteiger partial charge in [0, 0.05) is 12.0 Å². The molecular weight excluding hydrogens is 244 g/mol. The van der Waals surface area contributed by atoms with Crippen molar-refractivity contribution < 1.29 is 14.3 Å². The molecule has 0 bridgehead atoms. The maximum atomic E-state index is 11.5. The molecule has 0 spiro atoms. The second kappa shape index (κ2) is 5.63. The van der Waals surface area contributed by atoms with E-state index in [0.29, 0.717) is 13.0 Å². The Morgan fingerprint density at radius 3 is 2.53 bits per heavy atom. The number of alkyl carbamates (subject to hydrolysis) is 1. The van der Waals surface area contributed by atoms with Crippen LogP contribution in [0.15, 0.2) is 11.6 Å². The van der Waals surface area contributed by atoms with E-state index in [0.717, 1.165) is 18.4 Å². The maximum Gasteiger partial charge on any atom is 0.407 e. The molecule has 1 aliphatic rings. The number of carbonyl (C=O) groups is 2. The van der Waals surface area contributed by atoms with Gasteiger partial charge in [0.1, 0.15) is 5.60 Å². The Kier molecular flexibility index (Phi) is 4.61. The van der Waals surface area contributed by atoms with Gasteiger partial charge in [-0.05, 0) is 40.0 Å². The fourth-order valence-corrected chi connectivity index (χ4v) is 1.89. The molecule has 0 saturated carbocycles. The molecule has 0 saturated heterocycles. The van der Waals surface area contributed by atoms with E-state index in [9.17, 15) is 9.59 Å². The van der Waals surface area contributed by atoms with Crippen LogP contribution in [0.4, 0.5) is 4.79 Å². The zero-order valence-corrected chi connectivity index (χ0v) is 12.2. The third kappa shape index (κ3) is 4.93. The number of hydrogen-bond donors (Lipinski definition) is 2. The van der Waals surface area contributed by atoms with Crippen molar-refractivity contribution in [3.05, 3.63) is 11.6 Å². The van der Waals surface area contributed by atoms with Crippen LogP contribution in [0, 0.1) is 5.41 Å². The van der Waals surface area contributed by atoms with Crippen LogP contribution in [0.2, 0.25) is 0 Å². The van der Waals surface area contributed by atoms with Crippen molar-refractivity contribution in [3.63, 3.8) is 0 Å². The molecule has 0 radical (unpaired) electrons. The first-order valence-corrected chi connectivity index (χ1v) is 6.57. The van der Waals surface area contributed by atoms with Crippen molar-refractivity contribution in [2.75, 3.05) is 6.54 Å². The minimum Gasteiger partial charge on any atom is -0.444 e. The van der Waals surface area contributed by atoms with Crippen LogP contribution in [-0.2, 0) is 9.53 Å². The van der Waals surface area contributed by atoms with Crippen molar-refractivity contribution in [1.29, 1.82) is 0 Å². The van der Waals surface area contributed by atoms with Gasteiger partial charge < -0.3 is 15.8 Å². The number of amides is 2. The van der Waals surface area contributed by atoms with Gasteiger partial charge in [0.05, 0.1) is 0 Å². The first-order valence-electron chi connectivity index (χ1n) is 6.57. The Hall–Kier alpha value is -1.52. The summed E-state index contributed by atoms with van der Waals surface area (Å²) >= 11 is 0. The average Bonchev–Trinajstić information content (AvgIpc) is 2.26. The lowest BCUT2D eigenvalue weighted by atomic mass is 9.76. The van der Waals surface area contributed by atoms with Gasteiger partial charge >= 0.3 is 6.09 Å². The Balaban J connectivity index is 2.43. The third-order valence-corrected chi connectivity index (χ3v) is 3.29. The van der Waals surface area contributed by atoms with Crippen LogP contribution in [0.5, 0.6) is 0 Å². The molecule has 5 nitrogen and oxygen atoms in total. The number of nitrogens with two attached hydrogens (primary N) is 1. The van der Waals surface area contributed by atoms with Crippen molar-refractivity contribution in [3.8, 4) is 0 Å². The summed E-state index contributed by atoms with van der Waals surface area (Å²) in [6.45, 7) is 7.81. The van der Waals surface area contributed by atoms with Crippen LogP contribution in [-0.4, -0.2) is 24.1 Å². The minimum absolute atomic E-state index is 0.261. The summed E-state index contributed by atoms with van der Waals surface area (Å²) in [6.07, 6.45) is 3.70. The zero-order chi connectivity index (χ0) is 14.7. The highest BCUT2D eigenvalue weighted by Crippen LogP contribution is 2.34. The van der Waals surface area contributed by atoms with Crippen molar-refractivity contribution in [2.24, 2.45) is 11.1 Å². The summed E-state index contributed by atoms with van der Waals surface area (Å²) in [6, 6.07) is 0. The van der Waals surface area contributed by atoms with Crippen molar-refractivity contribution in [1.82, 2.24) is 5.32 Å². The number of ether oxygens (including phenoxy) is 1. The molecule has 0 aromatic carbocycles. The van der Waals surface area contributed by atoms with E-state index in [1.54, 1.807) is 0 Å². The smallest absolute Gasteiger partial charge is 0.407 e. The molecule has 1 rings (SSSR count). The SMILES string of the molecule is CC(C)(C)OC(=O)NCC1=CCC(C)(C(N)=O)CC1. The zero-order valence-electron chi connectivity index (χ0n) is 12.2. The topological polar surface area (TPSA) is 81.4 Å². The van der Waals surface area contributed by atoms with Crippen LogP contribution >= 0.6 is 0 Å². The Morgan fingerprint density at radius 1 is 1.47 bits per heavy atom. The largest absolute Gasteiger partial charge is 0.444 e. The van der Waals surface area contributed by atoms with Crippen LogP contribution in [0.3, 0.4) is 0 Å². The van der Waals surface area contributed by atoms with E-state index in [-0.39, 0.29) is 5.91 Å². The highest BCUT2D eigenvalue weighted by molar-refractivity contribution is 5.80. The summed E-state index contributed by atoms with van der Waals surface area (Å²) in [4.78, 5) is 22.8. The molecule has 3 N–H and O–H groups in total. The first-order chi connectivity index (χ1) is 8.62. The Morgan fingerprint density at radius 2 is 2.11 bits per heavy atom. The number of rotatable bonds is 3. The Bertz CT molecular complexity index is 396. The van der Waals surface area contributed by atoms with Gasteiger partial charge in [-0.3, -0.25) is 4.79 Å². The van der Waals surface area contributed by atoms with E-state index in [1.165, 1.54) is 0 Å². The Labute approximate surface area is 114 Å². The van der Waals surface area contributed by atoms with Gasteiger partial charge in [0.25, 0.3) is 0 Å². The molecule has 5 heteroatoms. The standard InChI is InChI=1S/C14H24N2O3/c1-13(2,3)19-12(18)16-9-10-5-7-14(4,8-6-10)11(15)17/h5H,6-9H2,1-4H3,(H2,15,17)(H,16,18). The highest BCUT2D eigenvalue weighted by atomic mass is 16.6. The predicted octanol–water partition coefficient (Wildman–Crippen LogP) is 2.11. The van der Waals surface area contributed by atoms with Gasteiger partial charge in [-0.1, -0.05) is 18.6 Å². The fourth-order valence-electron chi connectivity index (χ4n) is 1.89. The highest BCUT2D eigenvalue weighted by Gasteiger charge is 2.32. The molecule has 1 aliphatic carbocycles. The maximum absolute atomic E-state index is 11.5. The second-order valence-electron chi connectivity index (χ2n) is 6.35. The van der Waals surface area contributed by atoms with Gasteiger partial charge in [0.15, 0.2) is 0 Å². The monoisotopic (exact) mass is 268 g/mol. The minimum atomic E-state index is -0.491. The third-order valence-electron chi connectivity index (χ3n) is 3.29. The molecule has 0 fully saturated rings.